The normalized spacial score (nSPS) is 24.5. The molecule has 2 N–H and O–H groups in total. The Balaban J connectivity index is 1.77. The molecule has 4 heteroatoms. The second-order valence-corrected chi connectivity index (χ2v) is 6.20. The van der Waals surface area contributed by atoms with Gasteiger partial charge in [-0.15, -0.1) is 0 Å². The molecular weight excluding hydrogens is 262 g/mol. The van der Waals surface area contributed by atoms with Crippen molar-refractivity contribution >= 4 is 5.91 Å². The van der Waals surface area contributed by atoms with Crippen LogP contribution in [0.3, 0.4) is 0 Å². The first-order chi connectivity index (χ1) is 10.1. The Labute approximate surface area is 127 Å². The number of hydrogen-bond donors (Lipinski definition) is 2. The number of carbonyl (C=O) groups excluding carboxylic acids is 1. The van der Waals surface area contributed by atoms with Gasteiger partial charge in [-0.3, -0.25) is 9.69 Å². The lowest BCUT2D eigenvalue weighted by Gasteiger charge is -2.37. The van der Waals surface area contributed by atoms with Crippen LogP contribution in [0.2, 0.25) is 0 Å². The molecule has 1 aromatic carbocycles. The molecule has 1 aromatic rings. The minimum absolute atomic E-state index is 0.124. The van der Waals surface area contributed by atoms with Crippen LogP contribution in [0.15, 0.2) is 30.3 Å². The minimum atomic E-state index is 0.124. The smallest absolute Gasteiger partial charge is 0.234 e. The first kappa shape index (κ1) is 16.0. The number of nitrogens with one attached hydrogen (secondary N) is 2. The van der Waals surface area contributed by atoms with Crippen LogP contribution in [-0.2, 0) is 4.79 Å². The van der Waals surface area contributed by atoms with E-state index in [1.807, 2.05) is 18.2 Å². The van der Waals surface area contributed by atoms with E-state index in [4.69, 9.17) is 0 Å². The third-order valence-corrected chi connectivity index (χ3v) is 4.21. The van der Waals surface area contributed by atoms with Crippen molar-refractivity contribution in [1.29, 1.82) is 0 Å². The molecule has 21 heavy (non-hydrogen) atoms. The summed E-state index contributed by atoms with van der Waals surface area (Å²) in [5.74, 6) is 0.466. The highest BCUT2D eigenvalue weighted by molar-refractivity contribution is 5.78. The zero-order valence-corrected chi connectivity index (χ0v) is 13.3. The number of amides is 1. The average molecular weight is 289 g/mol. The van der Waals surface area contributed by atoms with Gasteiger partial charge in [0.25, 0.3) is 0 Å². The molecule has 116 valence electrons. The maximum Gasteiger partial charge on any atom is 0.234 e. The van der Waals surface area contributed by atoms with E-state index in [1.165, 1.54) is 5.56 Å². The van der Waals surface area contributed by atoms with Crippen LogP contribution in [0.1, 0.15) is 32.3 Å². The molecule has 3 atom stereocenters. The van der Waals surface area contributed by atoms with Gasteiger partial charge in [-0.2, -0.15) is 0 Å². The van der Waals surface area contributed by atoms with Gasteiger partial charge >= 0.3 is 0 Å². The van der Waals surface area contributed by atoms with Gasteiger partial charge in [0.05, 0.1) is 6.54 Å². The Morgan fingerprint density at radius 1 is 1.38 bits per heavy atom. The Bertz CT molecular complexity index is 449. The van der Waals surface area contributed by atoms with E-state index >= 15 is 0 Å². The fourth-order valence-electron chi connectivity index (χ4n) is 2.72. The predicted octanol–water partition coefficient (Wildman–Crippen LogP) is 1.59. The highest BCUT2D eigenvalue weighted by atomic mass is 16.2. The van der Waals surface area contributed by atoms with Crippen LogP contribution in [0.25, 0.3) is 0 Å². The summed E-state index contributed by atoms with van der Waals surface area (Å²) in [4.78, 5) is 14.4. The number of nitrogens with zero attached hydrogens (tertiary/aromatic N) is 1. The molecule has 1 fully saturated rings. The van der Waals surface area contributed by atoms with E-state index < -0.39 is 0 Å². The standard InChI is InChI=1S/C17H27N3O/c1-13(16-7-5-4-6-8-16)9-19-17(21)12-20-11-14(2)18-10-15(20)3/h4-8,13-15,18H,9-12H2,1-3H3,(H,19,21). The van der Waals surface area contributed by atoms with Crippen molar-refractivity contribution < 1.29 is 4.79 Å². The number of hydrogen-bond acceptors (Lipinski definition) is 3. The Morgan fingerprint density at radius 3 is 2.81 bits per heavy atom. The first-order valence-corrected chi connectivity index (χ1v) is 7.85. The van der Waals surface area contributed by atoms with Crippen molar-refractivity contribution in [2.45, 2.75) is 38.8 Å². The Kier molecular flexibility index (Phi) is 5.76. The zero-order valence-electron chi connectivity index (χ0n) is 13.3. The van der Waals surface area contributed by atoms with Crippen molar-refractivity contribution in [2.24, 2.45) is 0 Å². The van der Waals surface area contributed by atoms with E-state index in [0.717, 1.165) is 13.1 Å². The van der Waals surface area contributed by atoms with Crippen molar-refractivity contribution in [2.75, 3.05) is 26.2 Å². The number of benzene rings is 1. The number of carbonyl (C=O) groups is 1. The van der Waals surface area contributed by atoms with Crippen molar-refractivity contribution in [3.63, 3.8) is 0 Å². The van der Waals surface area contributed by atoms with E-state index in [-0.39, 0.29) is 5.91 Å². The Hall–Kier alpha value is -1.39. The van der Waals surface area contributed by atoms with Gasteiger partial charge < -0.3 is 10.6 Å². The van der Waals surface area contributed by atoms with E-state index in [1.54, 1.807) is 0 Å². The molecule has 0 aromatic heterocycles. The third kappa shape index (κ3) is 4.83. The van der Waals surface area contributed by atoms with Crippen molar-refractivity contribution in [3.8, 4) is 0 Å². The van der Waals surface area contributed by atoms with Gasteiger partial charge in [0.1, 0.15) is 0 Å². The molecule has 2 rings (SSSR count). The van der Waals surface area contributed by atoms with Crippen LogP contribution < -0.4 is 10.6 Å². The molecule has 0 aliphatic carbocycles. The van der Waals surface area contributed by atoms with Crippen molar-refractivity contribution in [3.05, 3.63) is 35.9 Å². The molecule has 0 spiro atoms. The number of rotatable bonds is 5. The van der Waals surface area contributed by atoms with Crippen LogP contribution in [0.5, 0.6) is 0 Å². The lowest BCUT2D eigenvalue weighted by molar-refractivity contribution is -0.123. The van der Waals surface area contributed by atoms with Gasteiger partial charge in [0, 0.05) is 31.7 Å². The van der Waals surface area contributed by atoms with Gasteiger partial charge in [-0.05, 0) is 25.3 Å². The van der Waals surface area contributed by atoms with Crippen LogP contribution >= 0.6 is 0 Å². The van der Waals surface area contributed by atoms with Crippen molar-refractivity contribution in [1.82, 2.24) is 15.5 Å². The van der Waals surface area contributed by atoms with E-state index in [9.17, 15) is 4.79 Å². The molecule has 1 aliphatic rings. The molecule has 0 saturated carbocycles. The SMILES string of the molecule is CC1CN(CC(=O)NCC(C)c2ccccc2)C(C)CN1. The fraction of sp³-hybridized carbons (Fsp3) is 0.588. The largest absolute Gasteiger partial charge is 0.354 e. The summed E-state index contributed by atoms with van der Waals surface area (Å²) in [6.45, 7) is 9.55. The highest BCUT2D eigenvalue weighted by Crippen LogP contribution is 2.13. The average Bonchev–Trinajstić information content (AvgIpc) is 2.49. The van der Waals surface area contributed by atoms with Gasteiger partial charge in [0.15, 0.2) is 0 Å². The maximum absolute atomic E-state index is 12.1. The summed E-state index contributed by atoms with van der Waals surface area (Å²) in [7, 11) is 0. The van der Waals surface area contributed by atoms with Crippen LogP contribution in [0, 0.1) is 0 Å². The molecular formula is C17H27N3O. The highest BCUT2D eigenvalue weighted by Gasteiger charge is 2.24. The molecule has 1 heterocycles. The van der Waals surface area contributed by atoms with Gasteiger partial charge in [-0.25, -0.2) is 0 Å². The molecule has 1 saturated heterocycles. The first-order valence-electron chi connectivity index (χ1n) is 7.85. The lowest BCUT2D eigenvalue weighted by atomic mass is 10.0. The zero-order chi connectivity index (χ0) is 15.2. The maximum atomic E-state index is 12.1. The number of piperazine rings is 1. The molecule has 4 nitrogen and oxygen atoms in total. The summed E-state index contributed by atoms with van der Waals surface area (Å²) < 4.78 is 0. The summed E-state index contributed by atoms with van der Waals surface area (Å²) >= 11 is 0. The van der Waals surface area contributed by atoms with Gasteiger partial charge in [0.2, 0.25) is 5.91 Å². The molecule has 0 radical (unpaired) electrons. The van der Waals surface area contributed by atoms with Crippen LogP contribution in [0.4, 0.5) is 0 Å². The summed E-state index contributed by atoms with van der Waals surface area (Å²) in [6.07, 6.45) is 0. The summed E-state index contributed by atoms with van der Waals surface area (Å²) in [5, 5.41) is 6.50. The quantitative estimate of drug-likeness (QED) is 0.865. The topological polar surface area (TPSA) is 44.4 Å². The summed E-state index contributed by atoms with van der Waals surface area (Å²) in [6, 6.07) is 11.2. The molecule has 0 bridgehead atoms. The monoisotopic (exact) mass is 289 g/mol. The van der Waals surface area contributed by atoms with E-state index in [0.29, 0.717) is 31.1 Å². The molecule has 3 unspecified atom stereocenters. The van der Waals surface area contributed by atoms with Crippen LogP contribution in [-0.4, -0.2) is 49.1 Å². The second-order valence-electron chi connectivity index (χ2n) is 6.20. The van der Waals surface area contributed by atoms with E-state index in [2.05, 4.69) is 48.4 Å². The lowest BCUT2D eigenvalue weighted by Crippen LogP contribution is -2.56. The minimum Gasteiger partial charge on any atom is -0.354 e. The van der Waals surface area contributed by atoms with Gasteiger partial charge in [-0.1, -0.05) is 37.3 Å². The second kappa shape index (κ2) is 7.57. The molecule has 1 aliphatic heterocycles. The molecule has 1 amide bonds. The predicted molar refractivity (Wildman–Crippen MR) is 86.4 cm³/mol. The fourth-order valence-corrected chi connectivity index (χ4v) is 2.72. The third-order valence-electron chi connectivity index (χ3n) is 4.21. The summed E-state index contributed by atoms with van der Waals surface area (Å²) in [5.41, 5.74) is 1.27. The Morgan fingerprint density at radius 2 is 2.10 bits per heavy atom.